The fraction of sp³-hybridized carbons (Fsp3) is 0.235. The number of rotatable bonds is 6. The van der Waals surface area contributed by atoms with Crippen LogP contribution in [0.5, 0.6) is 5.75 Å². The molecule has 1 aliphatic rings. The van der Waals surface area contributed by atoms with E-state index >= 15 is 0 Å². The summed E-state index contributed by atoms with van der Waals surface area (Å²) in [6.07, 6.45) is 1.23. The van der Waals surface area contributed by atoms with Gasteiger partial charge in [-0.3, -0.25) is 9.52 Å². The summed E-state index contributed by atoms with van der Waals surface area (Å²) in [5.74, 6) is -0.432. The number of hydrogen-bond donors (Lipinski definition) is 4. The fourth-order valence-corrected chi connectivity index (χ4v) is 3.92. The lowest BCUT2D eigenvalue weighted by Crippen LogP contribution is -2.48. The summed E-state index contributed by atoms with van der Waals surface area (Å²) in [5.41, 5.74) is 5.58. The van der Waals surface area contributed by atoms with Crippen molar-refractivity contribution in [2.24, 2.45) is 10.1 Å². The van der Waals surface area contributed by atoms with Gasteiger partial charge >= 0.3 is 10.2 Å². The lowest BCUT2D eigenvalue weighted by atomic mass is 10.1. The van der Waals surface area contributed by atoms with Gasteiger partial charge in [-0.15, -0.1) is 4.40 Å². The largest absolute Gasteiger partial charge is 0.490 e. The highest BCUT2D eigenvalue weighted by atomic mass is 32.2. The molecule has 1 aromatic heterocycles. The number of carbonyl (C=O) groups excluding carboxylic acids is 1. The molecule has 13 heteroatoms. The van der Waals surface area contributed by atoms with Gasteiger partial charge in [0.25, 0.3) is 5.91 Å². The van der Waals surface area contributed by atoms with E-state index in [1.165, 1.54) is 24.4 Å². The van der Waals surface area contributed by atoms with Gasteiger partial charge in [0.2, 0.25) is 0 Å². The van der Waals surface area contributed by atoms with Crippen LogP contribution in [-0.2, 0) is 20.9 Å². The van der Waals surface area contributed by atoms with E-state index in [1.807, 2.05) is 0 Å². The molecule has 0 atom stereocenters. The minimum absolute atomic E-state index is 0.00296. The molecule has 0 saturated heterocycles. The first-order chi connectivity index (χ1) is 14.0. The molecule has 1 aromatic carbocycles. The van der Waals surface area contributed by atoms with Gasteiger partial charge < -0.3 is 15.8 Å². The van der Waals surface area contributed by atoms with Crippen LogP contribution in [0.25, 0.3) is 0 Å². The number of ether oxygens (including phenoxy) is 1. The highest BCUT2D eigenvalue weighted by molar-refractivity contribution is 7.91. The molecule has 30 heavy (non-hydrogen) atoms. The van der Waals surface area contributed by atoms with Crippen molar-refractivity contribution in [3.63, 3.8) is 0 Å². The Kier molecular flexibility index (Phi) is 5.67. The van der Waals surface area contributed by atoms with Gasteiger partial charge in [-0.1, -0.05) is 6.07 Å². The summed E-state index contributed by atoms with van der Waals surface area (Å²) in [6, 6.07) is 7.28. The number of thiol groups is 1. The number of aromatic nitrogens is 1. The third-order valence-electron chi connectivity index (χ3n) is 3.98. The molecule has 1 amide bonds. The lowest BCUT2D eigenvalue weighted by Gasteiger charge is -2.27. The Morgan fingerprint density at radius 1 is 1.30 bits per heavy atom. The summed E-state index contributed by atoms with van der Waals surface area (Å²) >= 11 is 0. The number of hydrogen-bond acceptors (Lipinski definition) is 8. The van der Waals surface area contributed by atoms with Crippen LogP contribution < -0.4 is 20.5 Å². The number of pyridine rings is 1. The third kappa shape index (κ3) is 4.86. The molecule has 160 valence electrons. The Bertz CT molecular complexity index is 1210. The molecule has 0 saturated carbocycles. The van der Waals surface area contributed by atoms with Crippen LogP contribution >= 0.6 is 0 Å². The van der Waals surface area contributed by atoms with E-state index in [1.54, 1.807) is 26.0 Å². The number of fused-ring (bicyclic) bond motifs is 1. The summed E-state index contributed by atoms with van der Waals surface area (Å²) in [7, 11) is -6.82. The van der Waals surface area contributed by atoms with E-state index in [9.17, 15) is 21.6 Å². The maximum Gasteiger partial charge on any atom is 0.344 e. The van der Waals surface area contributed by atoms with Crippen LogP contribution in [0.3, 0.4) is 0 Å². The summed E-state index contributed by atoms with van der Waals surface area (Å²) in [5, 5.41) is 2.54. The maximum absolute atomic E-state index is 12.5. The van der Waals surface area contributed by atoms with Crippen LogP contribution in [0.1, 0.15) is 29.8 Å². The number of benzene rings is 1. The van der Waals surface area contributed by atoms with Gasteiger partial charge in [-0.25, -0.2) is 13.4 Å². The molecular weight excluding hydrogens is 434 g/mol. The highest BCUT2D eigenvalue weighted by Crippen LogP contribution is 2.30. The van der Waals surface area contributed by atoms with Gasteiger partial charge in [-0.05, 0) is 38.1 Å². The molecule has 0 fully saturated rings. The van der Waals surface area contributed by atoms with Crippen molar-refractivity contribution in [2.45, 2.75) is 24.4 Å². The van der Waals surface area contributed by atoms with E-state index < -0.39 is 32.4 Å². The monoisotopic (exact) mass is 453 g/mol. The van der Waals surface area contributed by atoms with Crippen molar-refractivity contribution in [3.05, 3.63) is 47.7 Å². The highest BCUT2D eigenvalue weighted by Gasteiger charge is 2.27. The SMILES string of the molecule is CC(C)(COc1cccc2c1C(N)=NS(=O)(=O)N2)NC(=O)c1ccnc([SH](=O)=O)c1. The van der Waals surface area contributed by atoms with E-state index in [0.717, 1.165) is 0 Å². The first-order valence-electron chi connectivity index (χ1n) is 8.55. The molecular formula is C17H19N5O6S2. The summed E-state index contributed by atoms with van der Waals surface area (Å²) < 4.78 is 56.9. The van der Waals surface area contributed by atoms with E-state index in [4.69, 9.17) is 10.5 Å². The second-order valence-electron chi connectivity index (χ2n) is 7.02. The number of amidine groups is 1. The van der Waals surface area contributed by atoms with Crippen molar-refractivity contribution in [1.29, 1.82) is 0 Å². The van der Waals surface area contributed by atoms with Gasteiger partial charge in [0.15, 0.2) is 21.6 Å². The molecule has 0 aliphatic carbocycles. The second-order valence-corrected chi connectivity index (χ2v) is 9.33. The minimum Gasteiger partial charge on any atom is -0.490 e. The van der Waals surface area contributed by atoms with Gasteiger partial charge in [-0.2, -0.15) is 8.42 Å². The molecule has 0 bridgehead atoms. The number of nitrogens with zero attached hydrogens (tertiary/aromatic N) is 2. The fourth-order valence-electron chi connectivity index (χ4n) is 2.67. The smallest absolute Gasteiger partial charge is 0.344 e. The zero-order chi connectivity index (χ0) is 22.1. The Balaban J connectivity index is 1.75. The quantitative estimate of drug-likeness (QED) is 0.443. The van der Waals surface area contributed by atoms with Crippen molar-refractivity contribution in [2.75, 3.05) is 11.3 Å². The molecule has 0 radical (unpaired) electrons. The van der Waals surface area contributed by atoms with Crippen LogP contribution in [0.4, 0.5) is 5.69 Å². The minimum atomic E-state index is -3.91. The van der Waals surface area contributed by atoms with Crippen molar-refractivity contribution in [3.8, 4) is 5.75 Å². The zero-order valence-electron chi connectivity index (χ0n) is 15.9. The Morgan fingerprint density at radius 3 is 2.73 bits per heavy atom. The molecule has 3 rings (SSSR count). The number of nitrogens with one attached hydrogen (secondary N) is 2. The average molecular weight is 454 g/mol. The maximum atomic E-state index is 12.5. The average Bonchev–Trinajstić information content (AvgIpc) is 2.65. The third-order valence-corrected chi connectivity index (χ3v) is 5.51. The van der Waals surface area contributed by atoms with Gasteiger partial charge in [0.1, 0.15) is 12.4 Å². The van der Waals surface area contributed by atoms with Crippen molar-refractivity contribution in [1.82, 2.24) is 10.3 Å². The Hall–Kier alpha value is -3.19. The molecule has 1 aliphatic heterocycles. The van der Waals surface area contributed by atoms with Crippen LogP contribution in [0, 0.1) is 0 Å². The number of nitrogens with two attached hydrogens (primary N) is 1. The Labute approximate surface area is 174 Å². The summed E-state index contributed by atoms with van der Waals surface area (Å²) in [4.78, 5) is 16.2. The molecule has 2 aromatic rings. The van der Waals surface area contributed by atoms with Crippen LogP contribution in [0.15, 0.2) is 46.0 Å². The van der Waals surface area contributed by atoms with Crippen molar-refractivity contribution < 1.29 is 26.4 Å². The number of anilines is 1. The standard InChI is InChI=1S/C17H19N5O6S2/c1-17(2,20-16(23)10-6-7-19-13(8-10)29(24)25)9-28-12-5-3-4-11-14(12)15(18)22-30(26,27)21-11/h3-8,21,29H,9H2,1-2H3,(H2,18,22)(H,20,23). The second kappa shape index (κ2) is 7.91. The number of carbonyl (C=O) groups is 1. The topological polar surface area (TPSA) is 170 Å². The Morgan fingerprint density at radius 2 is 2.03 bits per heavy atom. The first-order valence-corrected chi connectivity index (χ1v) is 11.2. The zero-order valence-corrected chi connectivity index (χ0v) is 17.7. The molecule has 0 unspecified atom stereocenters. The lowest BCUT2D eigenvalue weighted by molar-refractivity contribution is 0.0880. The predicted molar refractivity (Wildman–Crippen MR) is 110 cm³/mol. The normalized spacial score (nSPS) is 15.0. The van der Waals surface area contributed by atoms with Gasteiger partial charge in [0, 0.05) is 11.8 Å². The molecule has 0 spiro atoms. The predicted octanol–water partition coefficient (Wildman–Crippen LogP) is 0.0149. The molecule has 11 nitrogen and oxygen atoms in total. The molecule has 2 heterocycles. The number of amides is 1. The van der Waals surface area contributed by atoms with Crippen molar-refractivity contribution >= 4 is 38.3 Å². The van der Waals surface area contributed by atoms with Crippen LogP contribution in [-0.4, -0.2) is 45.7 Å². The van der Waals surface area contributed by atoms with E-state index in [2.05, 4.69) is 19.4 Å². The van der Waals surface area contributed by atoms with Gasteiger partial charge in [0.05, 0.1) is 16.8 Å². The first kappa shape index (κ1) is 21.5. The van der Waals surface area contributed by atoms with Crippen LogP contribution in [0.2, 0.25) is 0 Å². The van der Waals surface area contributed by atoms with E-state index in [0.29, 0.717) is 5.56 Å². The molecule has 4 N–H and O–H groups in total. The summed E-state index contributed by atoms with van der Waals surface area (Å²) in [6.45, 7) is 3.41. The van der Waals surface area contributed by atoms with E-state index in [-0.39, 0.29) is 34.5 Å².